The number of benzene rings is 3. The third-order valence-electron chi connectivity index (χ3n) is 5.76. The minimum atomic E-state index is -0.736. The van der Waals surface area contributed by atoms with Gasteiger partial charge in [-0.1, -0.05) is 91.0 Å². The molecule has 0 saturated carbocycles. The molecule has 4 nitrogen and oxygen atoms in total. The molecular formula is C25H25NO3. The van der Waals surface area contributed by atoms with E-state index in [2.05, 4.69) is 41.3 Å². The van der Waals surface area contributed by atoms with E-state index in [0.717, 1.165) is 16.7 Å². The Bertz CT molecular complexity index is 847. The number of hydrogen-bond donors (Lipinski definition) is 1. The van der Waals surface area contributed by atoms with Gasteiger partial charge >= 0.3 is 5.97 Å². The summed E-state index contributed by atoms with van der Waals surface area (Å²) in [5, 5.41) is 10.6. The van der Waals surface area contributed by atoms with Gasteiger partial charge in [0.15, 0.2) is 0 Å². The molecule has 0 bridgehead atoms. The van der Waals surface area contributed by atoms with Gasteiger partial charge in [0.1, 0.15) is 6.04 Å². The molecule has 0 aliphatic carbocycles. The van der Waals surface area contributed by atoms with Gasteiger partial charge in [-0.15, -0.1) is 0 Å². The van der Waals surface area contributed by atoms with Crippen molar-refractivity contribution in [3.05, 3.63) is 108 Å². The Morgan fingerprint density at radius 2 is 1.28 bits per heavy atom. The van der Waals surface area contributed by atoms with E-state index in [-0.39, 0.29) is 5.97 Å². The zero-order valence-electron chi connectivity index (χ0n) is 16.4. The van der Waals surface area contributed by atoms with E-state index in [1.165, 1.54) is 7.11 Å². The molecular weight excluding hydrogens is 362 g/mol. The van der Waals surface area contributed by atoms with Gasteiger partial charge in [0, 0.05) is 13.0 Å². The third kappa shape index (κ3) is 3.35. The Balaban J connectivity index is 2.04. The summed E-state index contributed by atoms with van der Waals surface area (Å²) < 4.78 is 5.12. The van der Waals surface area contributed by atoms with Crippen LogP contribution in [0, 0.1) is 0 Å². The van der Waals surface area contributed by atoms with Crippen molar-refractivity contribution in [3.8, 4) is 0 Å². The highest BCUT2D eigenvalue weighted by Gasteiger charge is 2.51. The van der Waals surface area contributed by atoms with Crippen LogP contribution in [0.3, 0.4) is 0 Å². The van der Waals surface area contributed by atoms with E-state index in [4.69, 9.17) is 4.74 Å². The predicted octanol–water partition coefficient (Wildman–Crippen LogP) is 3.59. The smallest absolute Gasteiger partial charge is 0.323 e. The predicted molar refractivity (Wildman–Crippen MR) is 112 cm³/mol. The number of likely N-dealkylation sites (tertiary alicyclic amines) is 1. The van der Waals surface area contributed by atoms with Crippen LogP contribution in [0.15, 0.2) is 91.0 Å². The van der Waals surface area contributed by atoms with Gasteiger partial charge in [-0.3, -0.25) is 9.69 Å². The number of aliphatic hydroxyl groups is 1. The monoisotopic (exact) mass is 387 g/mol. The average Bonchev–Trinajstić information content (AvgIpc) is 3.18. The topological polar surface area (TPSA) is 49.8 Å². The summed E-state index contributed by atoms with van der Waals surface area (Å²) in [4.78, 5) is 14.8. The zero-order valence-corrected chi connectivity index (χ0v) is 16.4. The van der Waals surface area contributed by atoms with E-state index in [9.17, 15) is 9.90 Å². The fourth-order valence-corrected chi connectivity index (χ4v) is 4.58. The molecule has 0 spiro atoms. The summed E-state index contributed by atoms with van der Waals surface area (Å²) in [7, 11) is 1.40. The number of methoxy groups -OCH3 is 1. The Morgan fingerprint density at radius 1 is 0.862 bits per heavy atom. The summed E-state index contributed by atoms with van der Waals surface area (Å²) >= 11 is 0. The second kappa shape index (κ2) is 8.19. The van der Waals surface area contributed by atoms with Crippen LogP contribution in [0.1, 0.15) is 23.1 Å². The normalized spacial score (nSPS) is 19.8. The molecule has 1 aliphatic rings. The van der Waals surface area contributed by atoms with Gasteiger partial charge in [0.25, 0.3) is 0 Å². The van der Waals surface area contributed by atoms with E-state index in [1.807, 2.05) is 54.6 Å². The summed E-state index contributed by atoms with van der Waals surface area (Å²) in [6.07, 6.45) is -0.254. The molecule has 148 valence electrons. The summed E-state index contributed by atoms with van der Waals surface area (Å²) in [5.74, 6) is -0.325. The average molecular weight is 387 g/mol. The van der Waals surface area contributed by atoms with Crippen LogP contribution in [0.2, 0.25) is 0 Å². The van der Waals surface area contributed by atoms with Crippen molar-refractivity contribution in [2.45, 2.75) is 24.1 Å². The van der Waals surface area contributed by atoms with Crippen molar-refractivity contribution >= 4 is 5.97 Å². The number of rotatable bonds is 5. The van der Waals surface area contributed by atoms with Crippen LogP contribution in [-0.2, 0) is 15.1 Å². The van der Waals surface area contributed by atoms with E-state index >= 15 is 0 Å². The van der Waals surface area contributed by atoms with Gasteiger partial charge < -0.3 is 9.84 Å². The molecule has 3 aromatic carbocycles. The molecule has 2 atom stereocenters. The number of ether oxygens (including phenoxy) is 1. The number of esters is 1. The van der Waals surface area contributed by atoms with Gasteiger partial charge in [-0.05, 0) is 16.7 Å². The Kier molecular flexibility index (Phi) is 5.47. The summed E-state index contributed by atoms with van der Waals surface area (Å²) in [6.45, 7) is 0.373. The Hall–Kier alpha value is -2.95. The van der Waals surface area contributed by atoms with Crippen LogP contribution in [0.5, 0.6) is 0 Å². The van der Waals surface area contributed by atoms with Crippen LogP contribution >= 0.6 is 0 Å². The molecule has 1 fully saturated rings. The van der Waals surface area contributed by atoms with Gasteiger partial charge in [-0.2, -0.15) is 0 Å². The standard InChI is InChI=1S/C25H25NO3/c1-29-24(28)23-17-22(27)18-26(23)25(19-11-5-2-6-12-19,20-13-7-3-8-14-20)21-15-9-4-10-16-21/h2-16,22-23,27H,17-18H2,1H3. The maximum atomic E-state index is 12.7. The first-order valence-corrected chi connectivity index (χ1v) is 9.87. The number of β-amino-alcohol motifs (C(OH)–C–C–N with tert-alkyl or cyclic N) is 1. The number of hydrogen-bond acceptors (Lipinski definition) is 4. The van der Waals surface area contributed by atoms with Gasteiger partial charge in [0.05, 0.1) is 18.8 Å². The quantitative estimate of drug-likeness (QED) is 0.537. The highest BCUT2D eigenvalue weighted by atomic mass is 16.5. The lowest BCUT2D eigenvalue weighted by Gasteiger charge is -2.45. The molecule has 0 radical (unpaired) electrons. The van der Waals surface area contributed by atoms with Gasteiger partial charge in [0.2, 0.25) is 0 Å². The lowest BCUT2D eigenvalue weighted by molar-refractivity contribution is -0.147. The Morgan fingerprint density at radius 3 is 1.66 bits per heavy atom. The summed E-state index contributed by atoms with van der Waals surface area (Å²) in [6, 6.07) is 30.0. The fraction of sp³-hybridized carbons (Fsp3) is 0.240. The largest absolute Gasteiger partial charge is 0.468 e. The SMILES string of the molecule is COC(=O)C1CC(O)CN1C(c1ccccc1)(c1ccccc1)c1ccccc1. The van der Waals surface area contributed by atoms with Crippen molar-refractivity contribution in [2.24, 2.45) is 0 Å². The molecule has 1 N–H and O–H groups in total. The fourth-order valence-electron chi connectivity index (χ4n) is 4.58. The third-order valence-corrected chi connectivity index (χ3v) is 5.76. The molecule has 4 rings (SSSR count). The molecule has 1 heterocycles. The zero-order chi connectivity index (χ0) is 20.3. The second-order valence-corrected chi connectivity index (χ2v) is 7.39. The molecule has 2 unspecified atom stereocenters. The van der Waals surface area contributed by atoms with Crippen LogP contribution in [0.25, 0.3) is 0 Å². The van der Waals surface area contributed by atoms with Crippen molar-refractivity contribution in [1.29, 1.82) is 0 Å². The van der Waals surface area contributed by atoms with Crippen molar-refractivity contribution in [1.82, 2.24) is 4.90 Å². The van der Waals surface area contributed by atoms with E-state index < -0.39 is 17.7 Å². The minimum Gasteiger partial charge on any atom is -0.468 e. The minimum absolute atomic E-state index is 0.325. The van der Waals surface area contributed by atoms with Crippen molar-refractivity contribution < 1.29 is 14.6 Å². The molecule has 3 aromatic rings. The highest BCUT2D eigenvalue weighted by Crippen LogP contribution is 2.46. The molecule has 29 heavy (non-hydrogen) atoms. The maximum Gasteiger partial charge on any atom is 0.323 e. The molecule has 1 saturated heterocycles. The van der Waals surface area contributed by atoms with Gasteiger partial charge in [-0.25, -0.2) is 0 Å². The number of carbonyl (C=O) groups is 1. The molecule has 0 amide bonds. The second-order valence-electron chi connectivity index (χ2n) is 7.39. The van der Waals surface area contributed by atoms with Crippen LogP contribution in [-0.4, -0.2) is 41.8 Å². The number of carbonyl (C=O) groups excluding carboxylic acids is 1. The Labute approximate surface area is 171 Å². The van der Waals surface area contributed by atoms with E-state index in [1.54, 1.807) is 0 Å². The maximum absolute atomic E-state index is 12.7. The summed E-state index contributed by atoms with van der Waals surface area (Å²) in [5.41, 5.74) is 2.39. The highest BCUT2D eigenvalue weighted by molar-refractivity contribution is 5.77. The van der Waals surface area contributed by atoms with Crippen molar-refractivity contribution in [3.63, 3.8) is 0 Å². The first-order valence-electron chi connectivity index (χ1n) is 9.87. The van der Waals surface area contributed by atoms with Crippen molar-refractivity contribution in [2.75, 3.05) is 13.7 Å². The lowest BCUT2D eigenvalue weighted by Crippen LogP contribution is -2.53. The van der Waals surface area contributed by atoms with Crippen LogP contribution in [0.4, 0.5) is 0 Å². The molecule has 1 aliphatic heterocycles. The van der Waals surface area contributed by atoms with Crippen LogP contribution < -0.4 is 0 Å². The first kappa shape index (κ1) is 19.4. The molecule has 0 aromatic heterocycles. The number of nitrogens with zero attached hydrogens (tertiary/aromatic N) is 1. The first-order chi connectivity index (χ1) is 14.2. The molecule has 4 heteroatoms. The number of aliphatic hydroxyl groups excluding tert-OH is 1. The van der Waals surface area contributed by atoms with E-state index in [0.29, 0.717) is 13.0 Å². The lowest BCUT2D eigenvalue weighted by atomic mass is 9.75.